The average molecular weight is 482 g/mol. The molecule has 33 heavy (non-hydrogen) atoms. The summed E-state index contributed by atoms with van der Waals surface area (Å²) in [6.07, 6.45) is 1.58. The van der Waals surface area contributed by atoms with Crippen LogP contribution in [0.1, 0.15) is 56.7 Å². The predicted molar refractivity (Wildman–Crippen MR) is 123 cm³/mol. The first-order chi connectivity index (χ1) is 15.3. The molecule has 0 aliphatic carbocycles. The molecule has 0 saturated heterocycles. The molecule has 0 unspecified atom stereocenters. The van der Waals surface area contributed by atoms with Crippen molar-refractivity contribution in [2.24, 2.45) is 0 Å². The van der Waals surface area contributed by atoms with Crippen LogP contribution in [-0.2, 0) is 14.8 Å². The molecule has 0 aliphatic rings. The second kappa shape index (κ2) is 10.6. The molecule has 0 aliphatic heterocycles. The Kier molecular flexibility index (Phi) is 8.37. The zero-order valence-corrected chi connectivity index (χ0v) is 19.7. The first-order valence-electron chi connectivity index (χ1n) is 10.3. The average Bonchev–Trinajstić information content (AvgIpc) is 2.74. The summed E-state index contributed by atoms with van der Waals surface area (Å²) < 4.78 is 38.6. The Balaban J connectivity index is 2.72. The standard InChI is InChI=1S/C22H28FN3O6S/c1-13(2)19-18(21(30)16(27)7-5-6-8-17(28)29)20(14-9-11-15(23)12-10-14)25-22(24-19)26(3)33(4,31)32/h9-13,27,30H,5-8H2,1-4H3,(H,28,29). The number of allylic oxidation sites excluding steroid dienone is 1. The number of nitrogens with zero attached hydrogens (tertiary/aromatic N) is 3. The third-order valence-corrected chi connectivity index (χ3v) is 6.09. The molecule has 0 spiro atoms. The smallest absolute Gasteiger partial charge is 0.303 e. The number of carbonyl (C=O) groups is 1. The number of aliphatic hydroxyl groups is 2. The number of sulfonamides is 1. The molecule has 9 nitrogen and oxygen atoms in total. The Morgan fingerprint density at radius 2 is 1.64 bits per heavy atom. The van der Waals surface area contributed by atoms with Crippen LogP contribution in [0.15, 0.2) is 30.0 Å². The first-order valence-corrected chi connectivity index (χ1v) is 12.1. The van der Waals surface area contributed by atoms with E-state index in [1.807, 2.05) is 0 Å². The summed E-state index contributed by atoms with van der Waals surface area (Å²) in [6, 6.07) is 5.24. The minimum absolute atomic E-state index is 0.0184. The lowest BCUT2D eigenvalue weighted by atomic mass is 9.96. The molecule has 11 heteroatoms. The van der Waals surface area contributed by atoms with E-state index in [0.717, 1.165) is 10.6 Å². The largest absolute Gasteiger partial charge is 0.508 e. The highest BCUT2D eigenvalue weighted by Gasteiger charge is 2.26. The number of anilines is 1. The highest BCUT2D eigenvalue weighted by molar-refractivity contribution is 7.92. The van der Waals surface area contributed by atoms with Gasteiger partial charge in [-0.25, -0.2) is 27.1 Å². The summed E-state index contributed by atoms with van der Waals surface area (Å²) in [5.41, 5.74) is 0.875. The molecule has 2 aromatic rings. The third kappa shape index (κ3) is 6.64. The maximum Gasteiger partial charge on any atom is 0.303 e. The van der Waals surface area contributed by atoms with Gasteiger partial charge in [0.25, 0.3) is 0 Å². The van der Waals surface area contributed by atoms with Crippen molar-refractivity contribution in [3.05, 3.63) is 47.1 Å². The van der Waals surface area contributed by atoms with E-state index < -0.39 is 27.6 Å². The van der Waals surface area contributed by atoms with Crippen molar-refractivity contribution in [2.75, 3.05) is 17.6 Å². The van der Waals surface area contributed by atoms with Crippen LogP contribution in [-0.4, -0.2) is 53.0 Å². The molecule has 0 radical (unpaired) electrons. The lowest BCUT2D eigenvalue weighted by Gasteiger charge is -2.21. The number of carboxylic acid groups (broad SMARTS) is 1. The lowest BCUT2D eigenvalue weighted by molar-refractivity contribution is -0.137. The van der Waals surface area contributed by atoms with Crippen LogP contribution in [0.25, 0.3) is 17.0 Å². The van der Waals surface area contributed by atoms with Crippen molar-refractivity contribution in [2.45, 2.75) is 45.4 Å². The highest BCUT2D eigenvalue weighted by atomic mass is 32.2. The highest BCUT2D eigenvalue weighted by Crippen LogP contribution is 2.35. The molecule has 180 valence electrons. The van der Waals surface area contributed by atoms with Gasteiger partial charge in [-0.1, -0.05) is 13.8 Å². The Labute approximate surface area is 192 Å². The molecule has 0 fully saturated rings. The summed E-state index contributed by atoms with van der Waals surface area (Å²) in [7, 11) is -2.41. The molecular formula is C22H28FN3O6S. The molecule has 0 saturated carbocycles. The molecule has 2 rings (SSSR count). The van der Waals surface area contributed by atoms with E-state index in [-0.39, 0.29) is 47.4 Å². The van der Waals surface area contributed by atoms with Gasteiger partial charge < -0.3 is 15.3 Å². The van der Waals surface area contributed by atoms with Crippen molar-refractivity contribution >= 4 is 27.7 Å². The van der Waals surface area contributed by atoms with Gasteiger partial charge in [-0.3, -0.25) is 4.79 Å². The monoisotopic (exact) mass is 481 g/mol. The molecule has 3 N–H and O–H groups in total. The minimum Gasteiger partial charge on any atom is -0.508 e. The number of hydrogen-bond donors (Lipinski definition) is 3. The zero-order chi connectivity index (χ0) is 24.9. The van der Waals surface area contributed by atoms with E-state index >= 15 is 0 Å². The van der Waals surface area contributed by atoms with Gasteiger partial charge in [0, 0.05) is 25.5 Å². The fourth-order valence-corrected chi connectivity index (χ4v) is 3.43. The fourth-order valence-electron chi connectivity index (χ4n) is 3.05. The topological polar surface area (TPSA) is 141 Å². The van der Waals surface area contributed by atoms with Crippen LogP contribution in [0, 0.1) is 5.82 Å². The zero-order valence-electron chi connectivity index (χ0n) is 18.9. The lowest BCUT2D eigenvalue weighted by Crippen LogP contribution is -2.28. The first kappa shape index (κ1) is 26.0. The maximum atomic E-state index is 13.5. The van der Waals surface area contributed by atoms with Crippen LogP contribution in [0.3, 0.4) is 0 Å². The number of aliphatic hydroxyl groups excluding tert-OH is 2. The van der Waals surface area contributed by atoms with Gasteiger partial charge in [-0.15, -0.1) is 0 Å². The van der Waals surface area contributed by atoms with E-state index in [0.29, 0.717) is 18.4 Å². The van der Waals surface area contributed by atoms with Gasteiger partial charge >= 0.3 is 5.97 Å². The molecule has 1 aromatic heterocycles. The van der Waals surface area contributed by atoms with Crippen LogP contribution in [0.4, 0.5) is 10.3 Å². The van der Waals surface area contributed by atoms with Crippen LogP contribution < -0.4 is 4.31 Å². The van der Waals surface area contributed by atoms with E-state index in [4.69, 9.17) is 5.11 Å². The summed E-state index contributed by atoms with van der Waals surface area (Å²) in [5, 5.41) is 30.2. The molecule has 0 bridgehead atoms. The minimum atomic E-state index is -3.70. The van der Waals surface area contributed by atoms with Gasteiger partial charge in [0.2, 0.25) is 16.0 Å². The second-order valence-electron chi connectivity index (χ2n) is 7.92. The summed E-state index contributed by atoms with van der Waals surface area (Å²) in [5.74, 6) is -2.77. The normalized spacial score (nSPS) is 12.5. The van der Waals surface area contributed by atoms with Crippen LogP contribution >= 0.6 is 0 Å². The number of aromatic nitrogens is 2. The van der Waals surface area contributed by atoms with Crippen LogP contribution in [0.2, 0.25) is 0 Å². The van der Waals surface area contributed by atoms with Gasteiger partial charge in [-0.2, -0.15) is 0 Å². The summed E-state index contributed by atoms with van der Waals surface area (Å²) in [4.78, 5) is 19.4. The second-order valence-corrected chi connectivity index (χ2v) is 9.93. The van der Waals surface area contributed by atoms with Gasteiger partial charge in [0.05, 0.1) is 23.2 Å². The van der Waals surface area contributed by atoms with E-state index in [9.17, 15) is 27.8 Å². The van der Waals surface area contributed by atoms with E-state index in [2.05, 4.69) is 9.97 Å². The van der Waals surface area contributed by atoms with E-state index in [1.54, 1.807) is 13.8 Å². The quantitative estimate of drug-likeness (QED) is 0.338. The Bertz CT molecular complexity index is 1150. The summed E-state index contributed by atoms with van der Waals surface area (Å²) >= 11 is 0. The van der Waals surface area contributed by atoms with Crippen molar-refractivity contribution in [1.29, 1.82) is 0 Å². The number of unbranched alkanes of at least 4 members (excludes halogenated alkanes) is 1. The maximum absolute atomic E-state index is 13.5. The molecular weight excluding hydrogens is 453 g/mol. The van der Waals surface area contributed by atoms with Crippen LogP contribution in [0.5, 0.6) is 0 Å². The Hall–Kier alpha value is -3.21. The van der Waals surface area contributed by atoms with Crippen molar-refractivity contribution in [1.82, 2.24) is 9.97 Å². The number of halogens is 1. The van der Waals surface area contributed by atoms with Crippen molar-refractivity contribution in [3.63, 3.8) is 0 Å². The van der Waals surface area contributed by atoms with Crippen molar-refractivity contribution in [3.8, 4) is 11.3 Å². The Morgan fingerprint density at radius 1 is 1.06 bits per heavy atom. The number of carboxylic acids is 1. The third-order valence-electron chi connectivity index (χ3n) is 4.93. The van der Waals surface area contributed by atoms with Gasteiger partial charge in [0.1, 0.15) is 11.6 Å². The predicted octanol–water partition coefficient (Wildman–Crippen LogP) is 4.23. The fraction of sp³-hybridized carbons (Fsp3) is 0.409. The number of aliphatic carboxylic acids is 1. The molecule has 0 atom stereocenters. The Morgan fingerprint density at radius 3 is 2.15 bits per heavy atom. The van der Waals surface area contributed by atoms with Gasteiger partial charge in [-0.05, 0) is 43.0 Å². The molecule has 1 aromatic carbocycles. The number of hydrogen-bond acceptors (Lipinski definition) is 7. The molecule has 0 amide bonds. The summed E-state index contributed by atoms with van der Waals surface area (Å²) in [6.45, 7) is 3.56. The number of benzene rings is 1. The number of rotatable bonds is 10. The van der Waals surface area contributed by atoms with Crippen molar-refractivity contribution < 1.29 is 32.9 Å². The van der Waals surface area contributed by atoms with Gasteiger partial charge in [0.15, 0.2) is 5.76 Å². The van der Waals surface area contributed by atoms with E-state index in [1.165, 1.54) is 31.3 Å². The molecule has 1 heterocycles. The SMILES string of the molecule is CC(C)c1nc(N(C)S(C)(=O)=O)nc(-c2ccc(F)cc2)c1C(O)=C(O)CCCCC(=O)O.